The van der Waals surface area contributed by atoms with Crippen LogP contribution in [-0.4, -0.2) is 45.1 Å². The van der Waals surface area contributed by atoms with Gasteiger partial charge >= 0.3 is 0 Å². The Hall–Kier alpha value is -2.35. The lowest BCUT2D eigenvalue weighted by Crippen LogP contribution is -2.44. The van der Waals surface area contributed by atoms with E-state index < -0.39 is 0 Å². The number of piperidine rings is 1. The van der Waals surface area contributed by atoms with Crippen LogP contribution in [0, 0.1) is 5.92 Å². The summed E-state index contributed by atoms with van der Waals surface area (Å²) in [4.78, 5) is 43.4. The van der Waals surface area contributed by atoms with Crippen molar-refractivity contribution in [1.29, 1.82) is 0 Å². The lowest BCUT2D eigenvalue weighted by Gasteiger charge is -2.31. The SMILES string of the molecule is CC[C@H](C)n1c(SCC(=O)N2CCC[C@H](C(N)=O)C2)nc2ccccc2c1=O. The molecule has 2 N–H and O–H groups in total. The Morgan fingerprint density at radius 2 is 2.11 bits per heavy atom. The molecule has 28 heavy (non-hydrogen) atoms. The fourth-order valence-corrected chi connectivity index (χ4v) is 4.45. The van der Waals surface area contributed by atoms with Crippen molar-refractivity contribution in [3.8, 4) is 0 Å². The third-order valence-electron chi connectivity index (χ3n) is 5.31. The van der Waals surface area contributed by atoms with Crippen LogP contribution in [0.2, 0.25) is 0 Å². The van der Waals surface area contributed by atoms with Gasteiger partial charge in [-0.25, -0.2) is 4.98 Å². The fourth-order valence-electron chi connectivity index (χ4n) is 3.45. The van der Waals surface area contributed by atoms with Gasteiger partial charge in [0.25, 0.3) is 5.56 Å². The van der Waals surface area contributed by atoms with Crippen LogP contribution in [-0.2, 0) is 9.59 Å². The van der Waals surface area contributed by atoms with Crippen molar-refractivity contribution < 1.29 is 9.59 Å². The van der Waals surface area contributed by atoms with Crippen molar-refractivity contribution in [2.45, 2.75) is 44.3 Å². The molecular weight excluding hydrogens is 376 g/mol. The summed E-state index contributed by atoms with van der Waals surface area (Å²) >= 11 is 1.28. The van der Waals surface area contributed by atoms with Gasteiger partial charge in [0, 0.05) is 19.1 Å². The maximum absolute atomic E-state index is 13.0. The number of thioether (sulfide) groups is 1. The second-order valence-electron chi connectivity index (χ2n) is 7.21. The molecular formula is C20H26N4O3S. The first kappa shape index (κ1) is 20.4. The lowest BCUT2D eigenvalue weighted by atomic mass is 9.97. The Labute approximate surface area is 168 Å². The van der Waals surface area contributed by atoms with Gasteiger partial charge in [0.05, 0.1) is 22.6 Å². The van der Waals surface area contributed by atoms with E-state index in [0.717, 1.165) is 19.3 Å². The molecule has 2 atom stereocenters. The van der Waals surface area contributed by atoms with Crippen molar-refractivity contribution in [2.24, 2.45) is 11.7 Å². The second-order valence-corrected chi connectivity index (χ2v) is 8.16. The smallest absolute Gasteiger partial charge is 0.262 e. The molecule has 1 aliphatic heterocycles. The van der Waals surface area contributed by atoms with Gasteiger partial charge in [-0.1, -0.05) is 30.8 Å². The summed E-state index contributed by atoms with van der Waals surface area (Å²) in [7, 11) is 0. The number of nitrogens with two attached hydrogens (primary N) is 1. The topological polar surface area (TPSA) is 98.3 Å². The molecule has 1 fully saturated rings. The van der Waals surface area contributed by atoms with E-state index in [2.05, 4.69) is 4.98 Å². The van der Waals surface area contributed by atoms with Crippen molar-refractivity contribution in [3.05, 3.63) is 34.6 Å². The number of carbonyl (C=O) groups excluding carboxylic acids is 2. The highest BCUT2D eigenvalue weighted by atomic mass is 32.2. The third kappa shape index (κ3) is 4.22. The zero-order chi connectivity index (χ0) is 20.3. The quantitative estimate of drug-likeness (QED) is 0.590. The number of benzene rings is 1. The monoisotopic (exact) mass is 402 g/mol. The minimum Gasteiger partial charge on any atom is -0.369 e. The van der Waals surface area contributed by atoms with Gasteiger partial charge < -0.3 is 10.6 Å². The second kappa shape index (κ2) is 8.77. The molecule has 0 unspecified atom stereocenters. The Balaban J connectivity index is 1.82. The number of nitrogens with zero attached hydrogens (tertiary/aromatic N) is 3. The van der Waals surface area contributed by atoms with Gasteiger partial charge in [-0.05, 0) is 38.3 Å². The molecule has 7 nitrogen and oxygen atoms in total. The van der Waals surface area contributed by atoms with Gasteiger partial charge in [0.15, 0.2) is 5.16 Å². The maximum atomic E-state index is 13.0. The van der Waals surface area contributed by atoms with Crippen LogP contribution in [0.3, 0.4) is 0 Å². The number of hydrogen-bond acceptors (Lipinski definition) is 5. The predicted molar refractivity (Wildman–Crippen MR) is 110 cm³/mol. The van der Waals surface area contributed by atoms with E-state index in [-0.39, 0.29) is 35.1 Å². The molecule has 3 rings (SSSR count). The molecule has 1 aromatic heterocycles. The van der Waals surface area contributed by atoms with E-state index in [4.69, 9.17) is 5.73 Å². The molecule has 0 spiro atoms. The highest BCUT2D eigenvalue weighted by Gasteiger charge is 2.27. The number of carbonyl (C=O) groups is 2. The summed E-state index contributed by atoms with van der Waals surface area (Å²) in [5, 5.41) is 1.13. The van der Waals surface area contributed by atoms with Crippen LogP contribution in [0.15, 0.2) is 34.2 Å². The van der Waals surface area contributed by atoms with Crippen LogP contribution in [0.1, 0.15) is 39.2 Å². The molecule has 8 heteroatoms. The number of rotatable bonds is 6. The average molecular weight is 403 g/mol. The van der Waals surface area contributed by atoms with Gasteiger partial charge in [-0.2, -0.15) is 0 Å². The molecule has 0 bridgehead atoms. The minimum atomic E-state index is -0.355. The van der Waals surface area contributed by atoms with E-state index in [0.29, 0.717) is 29.1 Å². The number of likely N-dealkylation sites (tertiary alicyclic amines) is 1. The minimum absolute atomic E-state index is 0.0172. The van der Waals surface area contributed by atoms with Crippen LogP contribution < -0.4 is 11.3 Å². The highest BCUT2D eigenvalue weighted by molar-refractivity contribution is 7.99. The first-order valence-corrected chi connectivity index (χ1v) is 10.6. The zero-order valence-electron chi connectivity index (χ0n) is 16.3. The molecule has 2 heterocycles. The molecule has 150 valence electrons. The van der Waals surface area contributed by atoms with Crippen molar-refractivity contribution >= 4 is 34.5 Å². The number of fused-ring (bicyclic) bond motifs is 1. The van der Waals surface area contributed by atoms with Gasteiger partial charge in [-0.15, -0.1) is 0 Å². The molecule has 2 aromatic rings. The van der Waals surface area contributed by atoms with Gasteiger partial charge in [0.2, 0.25) is 11.8 Å². The van der Waals surface area contributed by atoms with E-state index in [1.165, 1.54) is 11.8 Å². The van der Waals surface area contributed by atoms with Crippen LogP contribution in [0.4, 0.5) is 0 Å². The van der Waals surface area contributed by atoms with Gasteiger partial charge in [0.1, 0.15) is 0 Å². The third-order valence-corrected chi connectivity index (χ3v) is 6.25. The molecule has 0 aliphatic carbocycles. The Kier molecular flexibility index (Phi) is 6.39. The van der Waals surface area contributed by atoms with E-state index in [1.807, 2.05) is 32.0 Å². The first-order valence-electron chi connectivity index (χ1n) is 9.63. The summed E-state index contributed by atoms with van der Waals surface area (Å²) in [6.07, 6.45) is 2.29. The van der Waals surface area contributed by atoms with Crippen LogP contribution in [0.5, 0.6) is 0 Å². The summed E-state index contributed by atoms with van der Waals surface area (Å²) in [5.41, 5.74) is 5.95. The number of amides is 2. The predicted octanol–water partition coefficient (Wildman–Crippen LogP) is 2.18. The van der Waals surface area contributed by atoms with E-state index in [1.54, 1.807) is 15.5 Å². The largest absolute Gasteiger partial charge is 0.369 e. The first-order chi connectivity index (χ1) is 13.4. The Morgan fingerprint density at radius 1 is 1.36 bits per heavy atom. The maximum Gasteiger partial charge on any atom is 0.262 e. The lowest BCUT2D eigenvalue weighted by molar-refractivity contribution is -0.132. The zero-order valence-corrected chi connectivity index (χ0v) is 17.1. The molecule has 1 aromatic carbocycles. The summed E-state index contributed by atoms with van der Waals surface area (Å²) in [6.45, 7) is 5.00. The van der Waals surface area contributed by atoms with E-state index in [9.17, 15) is 14.4 Å². The van der Waals surface area contributed by atoms with Gasteiger partial charge in [-0.3, -0.25) is 19.0 Å². The summed E-state index contributed by atoms with van der Waals surface area (Å²) in [6, 6.07) is 7.25. The molecule has 0 saturated carbocycles. The Bertz CT molecular complexity index is 943. The summed E-state index contributed by atoms with van der Waals surface area (Å²) < 4.78 is 1.68. The normalized spacial score (nSPS) is 18.2. The van der Waals surface area contributed by atoms with Crippen molar-refractivity contribution in [2.75, 3.05) is 18.8 Å². The fraction of sp³-hybridized carbons (Fsp3) is 0.500. The standard InChI is InChI=1S/C20H26N4O3S/c1-3-13(2)24-19(27)15-8-4-5-9-16(15)22-20(24)28-12-17(25)23-10-6-7-14(11-23)18(21)26/h4-5,8-9,13-14H,3,6-7,10-12H2,1-2H3,(H2,21,26)/t13-,14-/m0/s1. The number of primary amides is 1. The molecule has 2 amide bonds. The Morgan fingerprint density at radius 3 is 2.82 bits per heavy atom. The summed E-state index contributed by atoms with van der Waals surface area (Å²) in [5.74, 6) is -0.520. The van der Waals surface area contributed by atoms with Crippen molar-refractivity contribution in [1.82, 2.24) is 14.5 Å². The van der Waals surface area contributed by atoms with Crippen molar-refractivity contribution in [3.63, 3.8) is 0 Å². The molecule has 1 saturated heterocycles. The van der Waals surface area contributed by atoms with Crippen LogP contribution in [0.25, 0.3) is 10.9 Å². The average Bonchev–Trinajstić information content (AvgIpc) is 2.71. The number of hydrogen-bond donors (Lipinski definition) is 1. The van der Waals surface area contributed by atoms with E-state index >= 15 is 0 Å². The number of aromatic nitrogens is 2. The molecule has 1 aliphatic rings. The number of para-hydroxylation sites is 1. The highest BCUT2D eigenvalue weighted by Crippen LogP contribution is 2.24. The van der Waals surface area contributed by atoms with Crippen LogP contribution >= 0.6 is 11.8 Å². The molecule has 0 radical (unpaired) electrons.